The van der Waals surface area contributed by atoms with Crippen LogP contribution in [0.15, 0.2) is 72.8 Å². The van der Waals surface area contributed by atoms with Crippen molar-refractivity contribution in [2.24, 2.45) is 0 Å². The van der Waals surface area contributed by atoms with Crippen LogP contribution < -0.4 is 9.64 Å². The lowest BCUT2D eigenvalue weighted by molar-refractivity contribution is 0.0972. The normalized spacial score (nSPS) is 15.8. The van der Waals surface area contributed by atoms with Crippen LogP contribution in [0.1, 0.15) is 39.5 Å². The first kappa shape index (κ1) is 18.3. The van der Waals surface area contributed by atoms with E-state index in [0.29, 0.717) is 6.42 Å². The molecule has 4 rings (SSSR count). The highest BCUT2D eigenvalue weighted by Crippen LogP contribution is 2.37. The van der Waals surface area contributed by atoms with Gasteiger partial charge in [-0.1, -0.05) is 54.1 Å². The quantitative estimate of drug-likeness (QED) is 0.564. The first-order chi connectivity index (χ1) is 13.7. The topological polar surface area (TPSA) is 29.5 Å². The van der Waals surface area contributed by atoms with Crippen molar-refractivity contribution in [1.82, 2.24) is 0 Å². The van der Waals surface area contributed by atoms with Crippen molar-refractivity contribution in [3.63, 3.8) is 0 Å². The molecule has 28 heavy (non-hydrogen) atoms. The maximum atomic E-state index is 13.1. The van der Waals surface area contributed by atoms with Crippen LogP contribution in [0, 0.1) is 6.92 Å². The molecule has 0 saturated heterocycles. The minimum atomic E-state index is 0.0344. The van der Waals surface area contributed by atoms with Gasteiger partial charge in [-0.3, -0.25) is 4.79 Å². The first-order valence-corrected chi connectivity index (χ1v) is 9.74. The smallest absolute Gasteiger partial charge is 0.165 e. The molecule has 0 saturated carbocycles. The minimum Gasteiger partial charge on any atom is -0.497 e. The fourth-order valence-corrected chi connectivity index (χ4v) is 3.99. The Morgan fingerprint density at radius 2 is 1.71 bits per heavy atom. The number of Topliss-reactive ketones (excluding diaryl/α,β-unsaturated/α-hetero) is 1. The maximum absolute atomic E-state index is 13.1. The number of rotatable bonds is 5. The second kappa shape index (κ2) is 7.89. The Morgan fingerprint density at radius 1 is 1.00 bits per heavy atom. The van der Waals surface area contributed by atoms with Gasteiger partial charge in [0, 0.05) is 24.2 Å². The van der Waals surface area contributed by atoms with E-state index in [1.54, 1.807) is 7.11 Å². The summed E-state index contributed by atoms with van der Waals surface area (Å²) in [5, 5.41) is 0. The molecule has 0 fully saturated rings. The lowest BCUT2D eigenvalue weighted by Crippen LogP contribution is -2.36. The molecule has 3 aromatic carbocycles. The molecule has 0 amide bonds. The van der Waals surface area contributed by atoms with Gasteiger partial charge in [-0.2, -0.15) is 0 Å². The summed E-state index contributed by atoms with van der Waals surface area (Å²) < 4.78 is 5.30. The number of hydrogen-bond donors (Lipinski definition) is 0. The number of fused-ring (bicyclic) bond motifs is 1. The Morgan fingerprint density at radius 3 is 2.43 bits per heavy atom. The number of methoxy groups -OCH3 is 1. The van der Waals surface area contributed by atoms with Gasteiger partial charge in [-0.15, -0.1) is 0 Å². The lowest BCUT2D eigenvalue weighted by atomic mass is 9.88. The highest BCUT2D eigenvalue weighted by atomic mass is 16.5. The second-order valence-electron chi connectivity index (χ2n) is 7.35. The molecule has 3 nitrogen and oxygen atoms in total. The van der Waals surface area contributed by atoms with Crippen LogP contribution in [-0.2, 0) is 6.42 Å². The number of carbonyl (C=O) groups excluding carboxylic acids is 1. The van der Waals surface area contributed by atoms with Gasteiger partial charge >= 0.3 is 0 Å². The van der Waals surface area contributed by atoms with E-state index < -0.39 is 0 Å². The second-order valence-corrected chi connectivity index (χ2v) is 7.35. The van der Waals surface area contributed by atoms with Crippen molar-refractivity contribution < 1.29 is 9.53 Å². The summed E-state index contributed by atoms with van der Waals surface area (Å²) in [6, 6.07) is 24.5. The molecule has 0 aromatic heterocycles. The molecular weight excluding hydrogens is 346 g/mol. The van der Waals surface area contributed by atoms with E-state index in [1.165, 1.54) is 16.7 Å². The van der Waals surface area contributed by atoms with Crippen LogP contribution in [0.4, 0.5) is 5.69 Å². The van der Waals surface area contributed by atoms with E-state index in [2.05, 4.69) is 41.3 Å². The maximum Gasteiger partial charge on any atom is 0.165 e. The van der Waals surface area contributed by atoms with Crippen LogP contribution in [0.2, 0.25) is 0 Å². The third-order valence-electron chi connectivity index (χ3n) is 5.57. The van der Waals surface area contributed by atoms with Gasteiger partial charge in [-0.25, -0.2) is 0 Å². The van der Waals surface area contributed by atoms with Gasteiger partial charge in [0.05, 0.1) is 13.2 Å². The summed E-state index contributed by atoms with van der Waals surface area (Å²) in [5.74, 6) is 1.02. The molecular formula is C25H25NO2. The Hall–Kier alpha value is -3.07. The van der Waals surface area contributed by atoms with E-state index in [4.69, 9.17) is 4.74 Å². The molecule has 0 bridgehead atoms. The Kier molecular flexibility index (Phi) is 5.16. The molecule has 3 heteroatoms. The monoisotopic (exact) mass is 371 g/mol. The molecule has 0 aliphatic carbocycles. The van der Waals surface area contributed by atoms with Gasteiger partial charge in [0.15, 0.2) is 5.78 Å². The number of ether oxygens (including phenoxy) is 1. The van der Waals surface area contributed by atoms with E-state index in [9.17, 15) is 4.79 Å². The van der Waals surface area contributed by atoms with Gasteiger partial charge < -0.3 is 9.64 Å². The van der Waals surface area contributed by atoms with E-state index in [0.717, 1.165) is 30.0 Å². The van der Waals surface area contributed by atoms with E-state index in [-0.39, 0.29) is 11.8 Å². The summed E-state index contributed by atoms with van der Waals surface area (Å²) in [7, 11) is 1.68. The fourth-order valence-electron chi connectivity index (χ4n) is 3.99. The number of anilines is 1. The number of nitrogens with zero attached hydrogens (tertiary/aromatic N) is 1. The van der Waals surface area contributed by atoms with Crippen molar-refractivity contribution in [3.05, 3.63) is 95.1 Å². The summed E-state index contributed by atoms with van der Waals surface area (Å²) in [6.45, 7) is 2.94. The molecule has 1 atom stereocenters. The molecule has 1 aliphatic rings. The number of hydrogen-bond acceptors (Lipinski definition) is 3. The molecule has 1 aliphatic heterocycles. The number of benzene rings is 3. The average Bonchev–Trinajstić information content (AvgIpc) is 2.74. The van der Waals surface area contributed by atoms with E-state index in [1.807, 2.05) is 43.3 Å². The Balaban J connectivity index is 1.67. The predicted octanol–water partition coefficient (Wildman–Crippen LogP) is 5.38. The SMILES string of the molecule is COc1ccc(N2CCc3ccccc3C2CC(=O)c2ccc(C)cc2)cc1. The number of aryl methyl sites for hydroxylation is 1. The summed E-state index contributed by atoms with van der Waals surface area (Å²) in [5.41, 5.74) is 5.67. The standard InChI is InChI=1S/C25H25NO2/c1-18-7-9-20(10-8-18)25(27)17-24-23-6-4-3-5-19(23)15-16-26(24)21-11-13-22(28-2)14-12-21/h3-14,24H,15-17H2,1-2H3. The van der Waals surface area contributed by atoms with Crippen molar-refractivity contribution in [2.75, 3.05) is 18.6 Å². The van der Waals surface area contributed by atoms with Gasteiger partial charge in [0.1, 0.15) is 5.75 Å². The molecule has 0 spiro atoms. The van der Waals surface area contributed by atoms with Gasteiger partial charge in [0.2, 0.25) is 0 Å². The molecule has 1 heterocycles. The van der Waals surface area contributed by atoms with Crippen molar-refractivity contribution in [1.29, 1.82) is 0 Å². The van der Waals surface area contributed by atoms with Crippen LogP contribution in [0.3, 0.4) is 0 Å². The molecule has 3 aromatic rings. The van der Waals surface area contributed by atoms with Crippen LogP contribution in [-0.4, -0.2) is 19.4 Å². The predicted molar refractivity (Wildman–Crippen MR) is 113 cm³/mol. The van der Waals surface area contributed by atoms with Crippen molar-refractivity contribution >= 4 is 11.5 Å². The zero-order chi connectivity index (χ0) is 19.5. The van der Waals surface area contributed by atoms with Crippen LogP contribution in [0.5, 0.6) is 5.75 Å². The molecule has 0 N–H and O–H groups in total. The Labute approximate surface area is 166 Å². The average molecular weight is 371 g/mol. The Bertz CT molecular complexity index is 961. The van der Waals surface area contributed by atoms with Crippen molar-refractivity contribution in [2.45, 2.75) is 25.8 Å². The molecule has 142 valence electrons. The third kappa shape index (κ3) is 3.65. The molecule has 0 radical (unpaired) electrons. The number of ketones is 1. The minimum absolute atomic E-state index is 0.0344. The van der Waals surface area contributed by atoms with Crippen LogP contribution >= 0.6 is 0 Å². The zero-order valence-corrected chi connectivity index (χ0v) is 16.4. The lowest BCUT2D eigenvalue weighted by Gasteiger charge is -2.39. The third-order valence-corrected chi connectivity index (χ3v) is 5.57. The van der Waals surface area contributed by atoms with E-state index >= 15 is 0 Å². The highest BCUT2D eigenvalue weighted by molar-refractivity contribution is 5.96. The first-order valence-electron chi connectivity index (χ1n) is 9.74. The van der Waals surface area contributed by atoms with Gasteiger partial charge in [-0.05, 0) is 48.7 Å². The summed E-state index contributed by atoms with van der Waals surface area (Å²) in [4.78, 5) is 15.4. The zero-order valence-electron chi connectivity index (χ0n) is 16.4. The van der Waals surface area contributed by atoms with Gasteiger partial charge in [0.25, 0.3) is 0 Å². The highest BCUT2D eigenvalue weighted by Gasteiger charge is 2.29. The van der Waals surface area contributed by atoms with Crippen molar-refractivity contribution in [3.8, 4) is 5.75 Å². The summed E-state index contributed by atoms with van der Waals surface area (Å²) >= 11 is 0. The molecule has 1 unspecified atom stereocenters. The number of carbonyl (C=O) groups is 1. The fraction of sp³-hybridized carbons (Fsp3) is 0.240. The largest absolute Gasteiger partial charge is 0.497 e. The van der Waals surface area contributed by atoms with Crippen LogP contribution in [0.25, 0.3) is 0 Å². The summed E-state index contributed by atoms with van der Waals surface area (Å²) in [6.07, 6.45) is 1.45.